The molecule has 0 aromatic heterocycles. The number of aromatic hydroxyl groups is 2. The number of phenolic OH excluding ortho intramolecular Hbond substituents is 2. The number of phenols is 2. The Morgan fingerprint density at radius 2 is 0.969 bits per heavy atom. The number of Topliss-reactive ketones (excluding diaryl/α,β-unsaturated/α-hetero) is 2. The fourth-order valence-electron chi connectivity index (χ4n) is 5.74. The average Bonchev–Trinajstić information content (AvgIpc) is 3.08. The van der Waals surface area contributed by atoms with E-state index in [1.54, 1.807) is 26.0 Å². The fraction of sp³-hybridized carbons (Fsp3) is 0.462. The topological polar surface area (TPSA) is 115 Å². The Labute approximate surface area is 187 Å². The van der Waals surface area contributed by atoms with Gasteiger partial charge in [0.05, 0.1) is 11.1 Å². The van der Waals surface area contributed by atoms with Gasteiger partial charge in [0, 0.05) is 23.0 Å². The summed E-state index contributed by atoms with van der Waals surface area (Å²) in [6, 6.07) is 3.56. The SMILES string of the molecule is Cc1cc2c(c(O)c1-c1c(C)cc3c(c1O)C(=O)[C@H](O)[C@@H]3C(C)C)C(=O)[C@@H](O)[C@@H]2C(C)C. The predicted molar refractivity (Wildman–Crippen MR) is 121 cm³/mol. The second kappa shape index (κ2) is 7.42. The van der Waals surface area contributed by atoms with Gasteiger partial charge in [0.1, 0.15) is 23.7 Å². The highest BCUT2D eigenvalue weighted by molar-refractivity contribution is 6.11. The van der Waals surface area contributed by atoms with Gasteiger partial charge in [-0.25, -0.2) is 0 Å². The number of carbonyl (C=O) groups is 2. The van der Waals surface area contributed by atoms with Crippen molar-refractivity contribution < 1.29 is 30.0 Å². The predicted octanol–water partition coefficient (Wildman–Crippen LogP) is 3.98. The van der Waals surface area contributed by atoms with Gasteiger partial charge >= 0.3 is 0 Å². The highest BCUT2D eigenvalue weighted by Crippen LogP contribution is 2.52. The lowest BCUT2D eigenvalue weighted by atomic mass is 9.83. The van der Waals surface area contributed by atoms with E-state index in [4.69, 9.17) is 0 Å². The number of ketones is 2. The number of carbonyl (C=O) groups excluding carboxylic acids is 2. The monoisotopic (exact) mass is 438 g/mol. The highest BCUT2D eigenvalue weighted by Gasteiger charge is 2.45. The number of aliphatic hydroxyl groups is 2. The lowest BCUT2D eigenvalue weighted by Crippen LogP contribution is -2.23. The Bertz CT molecular complexity index is 1070. The molecule has 0 radical (unpaired) electrons. The average molecular weight is 439 g/mol. The molecule has 170 valence electrons. The van der Waals surface area contributed by atoms with Crippen molar-refractivity contribution in [3.8, 4) is 22.6 Å². The van der Waals surface area contributed by atoms with Crippen molar-refractivity contribution in [3.05, 3.63) is 45.5 Å². The summed E-state index contributed by atoms with van der Waals surface area (Å²) in [7, 11) is 0. The molecule has 0 amide bonds. The summed E-state index contributed by atoms with van der Waals surface area (Å²) in [4.78, 5) is 25.7. The molecule has 2 aliphatic carbocycles. The lowest BCUT2D eigenvalue weighted by Gasteiger charge is -2.22. The van der Waals surface area contributed by atoms with Crippen LogP contribution < -0.4 is 0 Å². The van der Waals surface area contributed by atoms with Crippen LogP contribution >= 0.6 is 0 Å². The van der Waals surface area contributed by atoms with E-state index in [0.29, 0.717) is 22.3 Å². The third-order valence-electron chi connectivity index (χ3n) is 7.17. The minimum Gasteiger partial charge on any atom is -0.507 e. The molecular weight excluding hydrogens is 408 g/mol. The Morgan fingerprint density at radius 1 is 0.656 bits per heavy atom. The molecule has 6 heteroatoms. The first-order chi connectivity index (χ1) is 14.9. The summed E-state index contributed by atoms with van der Waals surface area (Å²) in [5, 5.41) is 43.5. The van der Waals surface area contributed by atoms with Crippen LogP contribution in [0.5, 0.6) is 11.5 Å². The molecule has 6 nitrogen and oxygen atoms in total. The lowest BCUT2D eigenvalue weighted by molar-refractivity contribution is 0.0692. The van der Waals surface area contributed by atoms with Crippen LogP contribution in [0.2, 0.25) is 0 Å². The van der Waals surface area contributed by atoms with Gasteiger partial charge in [0.2, 0.25) is 0 Å². The molecule has 0 saturated carbocycles. The summed E-state index contributed by atoms with van der Waals surface area (Å²) in [6.07, 6.45) is -2.47. The van der Waals surface area contributed by atoms with Gasteiger partial charge in [-0.3, -0.25) is 9.59 Å². The van der Waals surface area contributed by atoms with Crippen LogP contribution in [0.4, 0.5) is 0 Å². The second-order valence-corrected chi connectivity index (χ2v) is 9.92. The molecule has 0 unspecified atom stereocenters. The molecule has 0 spiro atoms. The van der Waals surface area contributed by atoms with Gasteiger partial charge in [-0.15, -0.1) is 0 Å². The molecule has 2 aromatic carbocycles. The molecule has 2 aliphatic rings. The Kier molecular flexibility index (Phi) is 5.22. The van der Waals surface area contributed by atoms with Crippen LogP contribution in [0.1, 0.15) is 82.5 Å². The van der Waals surface area contributed by atoms with Gasteiger partial charge in [0.15, 0.2) is 11.6 Å². The zero-order chi connectivity index (χ0) is 23.8. The highest BCUT2D eigenvalue weighted by atomic mass is 16.3. The Balaban J connectivity index is 2.00. The molecule has 0 saturated heterocycles. The number of fused-ring (bicyclic) bond motifs is 2. The van der Waals surface area contributed by atoms with Gasteiger partial charge in [-0.2, -0.15) is 0 Å². The molecule has 4 N–H and O–H groups in total. The minimum atomic E-state index is -1.23. The second-order valence-electron chi connectivity index (χ2n) is 9.92. The van der Waals surface area contributed by atoms with Crippen molar-refractivity contribution >= 4 is 11.6 Å². The molecule has 0 heterocycles. The van der Waals surface area contributed by atoms with E-state index in [2.05, 4.69) is 0 Å². The molecule has 0 aliphatic heterocycles. The quantitative estimate of drug-likeness (QED) is 0.576. The smallest absolute Gasteiger partial charge is 0.195 e. The van der Waals surface area contributed by atoms with Gasteiger partial charge < -0.3 is 20.4 Å². The van der Waals surface area contributed by atoms with Crippen LogP contribution in [0.15, 0.2) is 12.1 Å². The molecule has 2 aromatic rings. The standard InChI is InChI=1S/C26H30O6/c1-9(2)15-13-7-11(5)17(21(27)19(13)25(31)23(15)29)18-12(6)8-14-16(10(3)4)24(30)26(32)20(14)22(18)28/h7-10,15-16,23-24,27-30H,1-6H3/t15-,16-,23-,24+/m1/s1. The van der Waals surface area contributed by atoms with Crippen molar-refractivity contribution in [2.24, 2.45) is 11.8 Å². The molecule has 32 heavy (non-hydrogen) atoms. The van der Waals surface area contributed by atoms with E-state index < -0.39 is 35.6 Å². The minimum absolute atomic E-state index is 0.0120. The zero-order valence-corrected chi connectivity index (χ0v) is 19.2. The van der Waals surface area contributed by atoms with Gasteiger partial charge in [-0.1, -0.05) is 39.8 Å². The summed E-state index contributed by atoms with van der Waals surface area (Å²) >= 11 is 0. The normalized spacial score (nSPS) is 24.6. The van der Waals surface area contributed by atoms with Crippen LogP contribution in [0.3, 0.4) is 0 Å². The van der Waals surface area contributed by atoms with E-state index in [9.17, 15) is 30.0 Å². The molecule has 4 rings (SSSR count). The van der Waals surface area contributed by atoms with Crippen molar-refractivity contribution in [2.75, 3.05) is 0 Å². The number of aliphatic hydroxyl groups excluding tert-OH is 2. The van der Waals surface area contributed by atoms with E-state index in [1.165, 1.54) is 0 Å². The van der Waals surface area contributed by atoms with Crippen molar-refractivity contribution in [1.82, 2.24) is 0 Å². The molecule has 4 atom stereocenters. The van der Waals surface area contributed by atoms with E-state index >= 15 is 0 Å². The van der Waals surface area contributed by atoms with E-state index in [0.717, 1.165) is 0 Å². The number of rotatable bonds is 3. The number of aryl methyl sites for hydroxylation is 2. The molecule has 0 bridgehead atoms. The number of benzene rings is 2. The Hall–Kier alpha value is -2.70. The van der Waals surface area contributed by atoms with Crippen LogP contribution in [0.25, 0.3) is 11.1 Å². The first-order valence-corrected chi connectivity index (χ1v) is 11.1. The maximum Gasteiger partial charge on any atom is 0.195 e. The maximum absolute atomic E-state index is 12.8. The molecule has 0 fully saturated rings. The van der Waals surface area contributed by atoms with Gasteiger partial charge in [0.25, 0.3) is 0 Å². The van der Waals surface area contributed by atoms with Crippen LogP contribution in [0, 0.1) is 25.7 Å². The van der Waals surface area contributed by atoms with Crippen LogP contribution in [-0.4, -0.2) is 44.2 Å². The zero-order valence-electron chi connectivity index (χ0n) is 19.2. The van der Waals surface area contributed by atoms with Crippen molar-refractivity contribution in [3.63, 3.8) is 0 Å². The largest absolute Gasteiger partial charge is 0.507 e. The first kappa shape index (κ1) is 22.5. The van der Waals surface area contributed by atoms with Crippen molar-refractivity contribution in [1.29, 1.82) is 0 Å². The van der Waals surface area contributed by atoms with E-state index in [-0.39, 0.29) is 45.6 Å². The third kappa shape index (κ3) is 2.86. The number of hydrogen-bond acceptors (Lipinski definition) is 6. The van der Waals surface area contributed by atoms with E-state index in [1.807, 2.05) is 27.7 Å². The fourth-order valence-corrected chi connectivity index (χ4v) is 5.74. The number of hydrogen-bond donors (Lipinski definition) is 4. The molecular formula is C26H30O6. The first-order valence-electron chi connectivity index (χ1n) is 11.1. The van der Waals surface area contributed by atoms with Crippen molar-refractivity contribution in [2.45, 2.75) is 65.6 Å². The van der Waals surface area contributed by atoms with Gasteiger partial charge in [-0.05, 0) is 47.9 Å². The summed E-state index contributed by atoms with van der Waals surface area (Å²) in [5.41, 5.74) is 3.12. The van der Waals surface area contributed by atoms with Crippen LogP contribution in [-0.2, 0) is 0 Å². The summed E-state index contributed by atoms with van der Waals surface area (Å²) in [5.74, 6) is -2.54. The maximum atomic E-state index is 12.8. The Morgan fingerprint density at radius 3 is 1.25 bits per heavy atom. The summed E-state index contributed by atoms with van der Waals surface area (Å²) in [6.45, 7) is 11.2. The third-order valence-corrected chi connectivity index (χ3v) is 7.17. The summed E-state index contributed by atoms with van der Waals surface area (Å²) < 4.78 is 0.